The lowest BCUT2D eigenvalue weighted by Crippen LogP contribution is -2.24. The molecule has 0 amide bonds. The number of anilines is 1. The molecule has 0 fully saturated rings. The van der Waals surface area contributed by atoms with Crippen molar-refractivity contribution in [1.82, 2.24) is 9.78 Å². The Morgan fingerprint density at radius 2 is 1.81 bits per heavy atom. The van der Waals surface area contributed by atoms with Gasteiger partial charge in [-0.25, -0.2) is 0 Å². The van der Waals surface area contributed by atoms with Crippen molar-refractivity contribution in [2.24, 2.45) is 11.5 Å². The maximum absolute atomic E-state index is 6.40. The largest absolute Gasteiger partial charge is 0.364 e. The van der Waals surface area contributed by atoms with Crippen LogP contribution in [0.25, 0.3) is 11.1 Å². The van der Waals surface area contributed by atoms with E-state index in [1.54, 1.807) is 0 Å². The Balaban J connectivity index is 1.81. The van der Waals surface area contributed by atoms with Gasteiger partial charge in [-0.2, -0.15) is 5.10 Å². The molecule has 5 nitrogen and oxygen atoms in total. The summed E-state index contributed by atoms with van der Waals surface area (Å²) < 4.78 is 2.16. The summed E-state index contributed by atoms with van der Waals surface area (Å²) in [6.45, 7) is 3.68. The van der Waals surface area contributed by atoms with Crippen LogP contribution >= 0.6 is 0 Å². The third kappa shape index (κ3) is 3.36. The monoisotopic (exact) mass is 361 g/mol. The summed E-state index contributed by atoms with van der Waals surface area (Å²) >= 11 is 0. The summed E-state index contributed by atoms with van der Waals surface area (Å²) in [5.74, 6) is 0. The van der Waals surface area contributed by atoms with E-state index in [2.05, 4.69) is 59.4 Å². The average Bonchev–Trinajstić information content (AvgIpc) is 3.06. The number of rotatable bonds is 6. The second-order valence-corrected chi connectivity index (χ2v) is 7.15. The van der Waals surface area contributed by atoms with Gasteiger partial charge in [0.25, 0.3) is 0 Å². The SMILES string of the molecule is CCCCn1nc2c(c1Cc1ccc(CN)cc1)-c1ccccc1NC2N. The Hall–Kier alpha value is -2.63. The molecule has 0 radical (unpaired) electrons. The molecule has 27 heavy (non-hydrogen) atoms. The molecule has 3 aromatic rings. The highest BCUT2D eigenvalue weighted by Crippen LogP contribution is 2.41. The highest BCUT2D eigenvalue weighted by Gasteiger charge is 2.29. The average molecular weight is 361 g/mol. The number of unbranched alkanes of at least 4 members (excludes halogenated alkanes) is 1. The van der Waals surface area contributed by atoms with Crippen LogP contribution in [0, 0.1) is 0 Å². The number of aromatic nitrogens is 2. The van der Waals surface area contributed by atoms with E-state index in [0.717, 1.165) is 42.8 Å². The molecule has 1 atom stereocenters. The lowest BCUT2D eigenvalue weighted by molar-refractivity contribution is 0.544. The highest BCUT2D eigenvalue weighted by molar-refractivity contribution is 5.84. The van der Waals surface area contributed by atoms with Gasteiger partial charge < -0.3 is 16.8 Å². The van der Waals surface area contributed by atoms with E-state index in [-0.39, 0.29) is 6.17 Å². The van der Waals surface area contributed by atoms with E-state index in [1.165, 1.54) is 22.4 Å². The summed E-state index contributed by atoms with van der Waals surface area (Å²) in [5.41, 5.74) is 20.2. The molecule has 5 heteroatoms. The number of nitrogens with one attached hydrogen (secondary N) is 1. The molecule has 0 aliphatic carbocycles. The topological polar surface area (TPSA) is 81.9 Å². The molecule has 1 aromatic heterocycles. The van der Waals surface area contributed by atoms with Gasteiger partial charge >= 0.3 is 0 Å². The summed E-state index contributed by atoms with van der Waals surface area (Å²) in [6, 6.07) is 16.9. The molecule has 2 aromatic carbocycles. The van der Waals surface area contributed by atoms with Gasteiger partial charge in [0.05, 0.1) is 5.69 Å². The zero-order chi connectivity index (χ0) is 18.8. The van der Waals surface area contributed by atoms with Crippen molar-refractivity contribution in [3.05, 3.63) is 71.0 Å². The fourth-order valence-corrected chi connectivity index (χ4v) is 3.75. The second-order valence-electron chi connectivity index (χ2n) is 7.15. The number of nitrogens with two attached hydrogens (primary N) is 2. The van der Waals surface area contributed by atoms with Crippen molar-refractivity contribution >= 4 is 5.69 Å². The van der Waals surface area contributed by atoms with E-state index in [4.69, 9.17) is 16.6 Å². The van der Waals surface area contributed by atoms with Crippen molar-refractivity contribution in [3.63, 3.8) is 0 Å². The van der Waals surface area contributed by atoms with Crippen LogP contribution in [0.4, 0.5) is 5.69 Å². The maximum Gasteiger partial charge on any atom is 0.121 e. The standard InChI is InChI=1S/C22H27N5/c1-2-3-12-27-19(13-15-8-10-16(14-23)11-9-15)20-17-6-4-5-7-18(17)25-22(24)21(20)26-27/h4-11,22,25H,2-3,12-14,23-24H2,1H3. The maximum atomic E-state index is 6.40. The predicted molar refractivity (Wildman–Crippen MR) is 110 cm³/mol. The van der Waals surface area contributed by atoms with Gasteiger partial charge in [-0.05, 0) is 23.6 Å². The number of hydrogen-bond donors (Lipinski definition) is 3. The van der Waals surface area contributed by atoms with Crippen LogP contribution < -0.4 is 16.8 Å². The summed E-state index contributed by atoms with van der Waals surface area (Å²) in [4.78, 5) is 0. The Morgan fingerprint density at radius 3 is 2.56 bits per heavy atom. The molecule has 4 rings (SSSR count). The third-order valence-corrected chi connectivity index (χ3v) is 5.24. The van der Waals surface area contributed by atoms with E-state index in [9.17, 15) is 0 Å². The van der Waals surface area contributed by atoms with Gasteiger partial charge in [0.15, 0.2) is 0 Å². The number of fused-ring (bicyclic) bond motifs is 3. The quantitative estimate of drug-likeness (QED) is 0.624. The first-order valence-corrected chi connectivity index (χ1v) is 9.70. The highest BCUT2D eigenvalue weighted by atomic mass is 15.3. The van der Waals surface area contributed by atoms with Crippen molar-refractivity contribution in [2.75, 3.05) is 5.32 Å². The minimum atomic E-state index is -0.281. The van der Waals surface area contributed by atoms with Gasteiger partial charge in [0.1, 0.15) is 11.9 Å². The van der Waals surface area contributed by atoms with Crippen LogP contribution in [0.5, 0.6) is 0 Å². The first-order chi connectivity index (χ1) is 13.2. The summed E-state index contributed by atoms with van der Waals surface area (Å²) in [6.07, 6.45) is 2.79. The van der Waals surface area contributed by atoms with Crippen LogP contribution in [-0.2, 0) is 19.5 Å². The number of hydrogen-bond acceptors (Lipinski definition) is 4. The Kier molecular flexibility index (Phi) is 4.97. The van der Waals surface area contributed by atoms with Crippen LogP contribution in [0.2, 0.25) is 0 Å². The fraction of sp³-hybridized carbons (Fsp3) is 0.318. The number of benzene rings is 2. The summed E-state index contributed by atoms with van der Waals surface area (Å²) in [5, 5.41) is 8.29. The van der Waals surface area contributed by atoms with Crippen LogP contribution in [0.15, 0.2) is 48.5 Å². The molecule has 140 valence electrons. The van der Waals surface area contributed by atoms with Crippen molar-refractivity contribution in [3.8, 4) is 11.1 Å². The van der Waals surface area contributed by atoms with Crippen LogP contribution in [-0.4, -0.2) is 9.78 Å². The van der Waals surface area contributed by atoms with Gasteiger partial charge in [-0.3, -0.25) is 4.68 Å². The molecular formula is C22H27N5. The third-order valence-electron chi connectivity index (χ3n) is 5.24. The molecule has 0 spiro atoms. The Morgan fingerprint density at radius 1 is 1.07 bits per heavy atom. The molecule has 1 unspecified atom stereocenters. The molecule has 0 saturated carbocycles. The van der Waals surface area contributed by atoms with Gasteiger partial charge in [-0.1, -0.05) is 55.8 Å². The second kappa shape index (κ2) is 7.55. The smallest absolute Gasteiger partial charge is 0.121 e. The van der Waals surface area contributed by atoms with E-state index < -0.39 is 0 Å². The van der Waals surface area contributed by atoms with Gasteiger partial charge in [0.2, 0.25) is 0 Å². The Labute approximate surface area is 160 Å². The fourth-order valence-electron chi connectivity index (χ4n) is 3.75. The van der Waals surface area contributed by atoms with Crippen LogP contribution in [0.1, 0.15) is 48.4 Å². The van der Waals surface area contributed by atoms with E-state index in [1.807, 2.05) is 6.07 Å². The lowest BCUT2D eigenvalue weighted by atomic mass is 9.93. The Bertz CT molecular complexity index is 926. The molecule has 5 N–H and O–H groups in total. The molecule has 1 aliphatic heterocycles. The normalized spacial score (nSPS) is 15.1. The van der Waals surface area contributed by atoms with E-state index >= 15 is 0 Å². The first-order valence-electron chi connectivity index (χ1n) is 9.70. The molecular weight excluding hydrogens is 334 g/mol. The minimum absolute atomic E-state index is 0.281. The lowest BCUT2D eigenvalue weighted by Gasteiger charge is -2.24. The molecule has 2 heterocycles. The minimum Gasteiger partial charge on any atom is -0.364 e. The molecule has 1 aliphatic rings. The number of para-hydroxylation sites is 1. The van der Waals surface area contributed by atoms with Crippen molar-refractivity contribution in [2.45, 2.75) is 45.4 Å². The number of aryl methyl sites for hydroxylation is 1. The van der Waals surface area contributed by atoms with Crippen molar-refractivity contribution in [1.29, 1.82) is 0 Å². The zero-order valence-corrected chi connectivity index (χ0v) is 15.8. The van der Waals surface area contributed by atoms with Crippen molar-refractivity contribution < 1.29 is 0 Å². The first kappa shape index (κ1) is 17.8. The predicted octanol–water partition coefficient (Wildman–Crippen LogP) is 3.78. The zero-order valence-electron chi connectivity index (χ0n) is 15.8. The molecule has 0 bridgehead atoms. The van der Waals surface area contributed by atoms with Gasteiger partial charge in [0, 0.05) is 36.3 Å². The number of nitrogens with zero attached hydrogens (tertiary/aromatic N) is 2. The van der Waals surface area contributed by atoms with Gasteiger partial charge in [-0.15, -0.1) is 0 Å². The van der Waals surface area contributed by atoms with Crippen LogP contribution in [0.3, 0.4) is 0 Å². The summed E-state index contributed by atoms with van der Waals surface area (Å²) in [7, 11) is 0. The molecule has 0 saturated heterocycles. The van der Waals surface area contributed by atoms with E-state index in [0.29, 0.717) is 6.54 Å².